The van der Waals surface area contributed by atoms with E-state index >= 15 is 0 Å². The highest BCUT2D eigenvalue weighted by atomic mass is 32.2. The summed E-state index contributed by atoms with van der Waals surface area (Å²) in [7, 11) is -1.49. The van der Waals surface area contributed by atoms with Gasteiger partial charge in [-0.25, -0.2) is 17.2 Å². The summed E-state index contributed by atoms with van der Waals surface area (Å²) in [5.74, 6) is -3.59. The van der Waals surface area contributed by atoms with E-state index in [1.165, 1.54) is 14.2 Å². The van der Waals surface area contributed by atoms with E-state index in [0.717, 1.165) is 6.07 Å². The molecule has 1 aromatic carbocycles. The highest BCUT2D eigenvalue weighted by Crippen LogP contribution is 2.50. The van der Waals surface area contributed by atoms with Gasteiger partial charge in [0.25, 0.3) is 0 Å². The van der Waals surface area contributed by atoms with Crippen LogP contribution >= 0.6 is 0 Å². The van der Waals surface area contributed by atoms with Gasteiger partial charge in [-0.05, 0) is 18.2 Å². The first-order chi connectivity index (χ1) is 9.76. The van der Waals surface area contributed by atoms with E-state index in [2.05, 4.69) is 0 Å². The maximum absolute atomic E-state index is 13.2. The number of ether oxygens (including phenoxy) is 2. The predicted molar refractivity (Wildman–Crippen MR) is 67.9 cm³/mol. The molecule has 0 spiro atoms. The van der Waals surface area contributed by atoms with Gasteiger partial charge in [0.2, 0.25) is 0 Å². The van der Waals surface area contributed by atoms with Gasteiger partial charge in [0.05, 0.1) is 11.0 Å². The SMILES string of the molecule is COC1(OC)CC(C#N)(S(=O)(=O)c2ccc(F)c(F)c2)C1. The molecule has 0 bridgehead atoms. The van der Waals surface area contributed by atoms with Crippen LogP contribution < -0.4 is 0 Å². The molecule has 0 unspecified atom stereocenters. The number of nitrogens with zero attached hydrogens (tertiary/aromatic N) is 1. The number of hydrogen-bond donors (Lipinski definition) is 0. The fraction of sp³-hybridized carbons (Fsp3) is 0.462. The van der Waals surface area contributed by atoms with Crippen LogP contribution in [0.5, 0.6) is 0 Å². The van der Waals surface area contributed by atoms with Crippen molar-refractivity contribution in [2.45, 2.75) is 28.3 Å². The minimum atomic E-state index is -4.17. The van der Waals surface area contributed by atoms with Gasteiger partial charge < -0.3 is 9.47 Å². The lowest BCUT2D eigenvalue weighted by Crippen LogP contribution is -2.61. The number of halogens is 2. The van der Waals surface area contributed by atoms with Crippen molar-refractivity contribution in [3.05, 3.63) is 29.8 Å². The summed E-state index contributed by atoms with van der Waals surface area (Å²) in [4.78, 5) is -0.441. The van der Waals surface area contributed by atoms with Crippen molar-refractivity contribution in [1.82, 2.24) is 0 Å². The fourth-order valence-corrected chi connectivity index (χ4v) is 4.29. The topological polar surface area (TPSA) is 76.4 Å². The molecule has 21 heavy (non-hydrogen) atoms. The van der Waals surface area contributed by atoms with E-state index in [0.29, 0.717) is 12.1 Å². The molecule has 2 rings (SSSR count). The van der Waals surface area contributed by atoms with Gasteiger partial charge in [0, 0.05) is 27.1 Å². The Kier molecular flexibility index (Phi) is 3.78. The Morgan fingerprint density at radius 2 is 1.76 bits per heavy atom. The number of methoxy groups -OCH3 is 2. The molecular weight excluding hydrogens is 304 g/mol. The quantitative estimate of drug-likeness (QED) is 0.625. The van der Waals surface area contributed by atoms with Crippen molar-refractivity contribution in [2.75, 3.05) is 14.2 Å². The zero-order chi connectivity index (χ0) is 15.9. The molecule has 1 saturated carbocycles. The van der Waals surface area contributed by atoms with E-state index in [1.54, 1.807) is 6.07 Å². The largest absolute Gasteiger partial charge is 0.353 e. The molecule has 114 valence electrons. The van der Waals surface area contributed by atoms with Gasteiger partial charge in [0.15, 0.2) is 32.0 Å². The van der Waals surface area contributed by atoms with Crippen LogP contribution in [-0.2, 0) is 19.3 Å². The van der Waals surface area contributed by atoms with E-state index in [4.69, 9.17) is 9.47 Å². The average Bonchev–Trinajstić information content (AvgIpc) is 2.42. The minimum absolute atomic E-state index is 0.204. The second-order valence-corrected chi connectivity index (χ2v) is 7.12. The summed E-state index contributed by atoms with van der Waals surface area (Å²) in [5, 5.41) is 9.27. The summed E-state index contributed by atoms with van der Waals surface area (Å²) in [6.07, 6.45) is -0.407. The molecule has 0 aliphatic heterocycles. The van der Waals surface area contributed by atoms with E-state index in [1.807, 2.05) is 0 Å². The molecule has 0 N–H and O–H groups in total. The maximum Gasteiger partial charge on any atom is 0.197 e. The van der Waals surface area contributed by atoms with Crippen LogP contribution in [0.1, 0.15) is 12.8 Å². The first-order valence-electron chi connectivity index (χ1n) is 5.97. The van der Waals surface area contributed by atoms with Crippen LogP contribution in [0.2, 0.25) is 0 Å². The molecule has 1 aliphatic rings. The van der Waals surface area contributed by atoms with Gasteiger partial charge in [0.1, 0.15) is 0 Å². The fourth-order valence-electron chi connectivity index (χ4n) is 2.39. The summed E-state index contributed by atoms with van der Waals surface area (Å²) in [6.45, 7) is 0. The lowest BCUT2D eigenvalue weighted by Gasteiger charge is -2.49. The van der Waals surface area contributed by atoms with Crippen LogP contribution in [0, 0.1) is 23.0 Å². The lowest BCUT2D eigenvalue weighted by molar-refractivity contribution is -0.256. The van der Waals surface area contributed by atoms with Crippen molar-refractivity contribution in [3.63, 3.8) is 0 Å². The van der Waals surface area contributed by atoms with Crippen LogP contribution in [0.25, 0.3) is 0 Å². The monoisotopic (exact) mass is 317 g/mol. The molecule has 1 aromatic rings. The molecular formula is C13H13F2NO4S. The Morgan fingerprint density at radius 3 is 2.19 bits per heavy atom. The normalized spacial score (nSPS) is 19.6. The highest BCUT2D eigenvalue weighted by molar-refractivity contribution is 7.93. The number of hydrogen-bond acceptors (Lipinski definition) is 5. The van der Waals surface area contributed by atoms with E-state index in [-0.39, 0.29) is 12.8 Å². The molecule has 0 atom stereocenters. The summed E-state index contributed by atoms with van der Waals surface area (Å²) in [6, 6.07) is 3.97. The van der Waals surface area contributed by atoms with E-state index < -0.39 is 36.9 Å². The van der Waals surface area contributed by atoms with Crippen molar-refractivity contribution in [2.24, 2.45) is 0 Å². The number of rotatable bonds is 4. The van der Waals surface area contributed by atoms with Gasteiger partial charge in [-0.3, -0.25) is 0 Å². The zero-order valence-corrected chi connectivity index (χ0v) is 12.2. The second kappa shape index (κ2) is 5.02. The molecule has 0 aromatic heterocycles. The first-order valence-corrected chi connectivity index (χ1v) is 7.45. The molecule has 1 aliphatic carbocycles. The Morgan fingerprint density at radius 1 is 1.19 bits per heavy atom. The van der Waals surface area contributed by atoms with Crippen molar-refractivity contribution in [3.8, 4) is 6.07 Å². The van der Waals surface area contributed by atoms with Gasteiger partial charge >= 0.3 is 0 Å². The minimum Gasteiger partial charge on any atom is -0.353 e. The van der Waals surface area contributed by atoms with Crippen LogP contribution in [0.4, 0.5) is 8.78 Å². The standard InChI is InChI=1S/C13H13F2NO4S/c1-19-13(20-2)6-12(7-13,8-16)21(17,18)9-3-4-10(14)11(15)5-9/h3-5H,6-7H2,1-2H3. The second-order valence-electron chi connectivity index (χ2n) is 4.86. The Bertz CT molecular complexity index is 699. The van der Waals surface area contributed by atoms with Crippen molar-refractivity contribution in [1.29, 1.82) is 5.26 Å². The van der Waals surface area contributed by atoms with Crippen LogP contribution in [0.15, 0.2) is 23.1 Å². The Labute approximate surface area is 121 Å². The van der Waals surface area contributed by atoms with Crippen LogP contribution in [0.3, 0.4) is 0 Å². The summed E-state index contributed by atoms with van der Waals surface area (Å²) < 4.78 is 59.6. The van der Waals surface area contributed by atoms with E-state index in [9.17, 15) is 22.5 Å². The number of sulfone groups is 1. The molecule has 8 heteroatoms. The number of nitriles is 1. The molecule has 0 radical (unpaired) electrons. The molecule has 0 heterocycles. The smallest absolute Gasteiger partial charge is 0.197 e. The van der Waals surface area contributed by atoms with Gasteiger partial charge in [-0.2, -0.15) is 5.26 Å². The van der Waals surface area contributed by atoms with Crippen LogP contribution in [-0.4, -0.2) is 33.2 Å². The molecule has 5 nitrogen and oxygen atoms in total. The highest BCUT2D eigenvalue weighted by Gasteiger charge is 2.64. The van der Waals surface area contributed by atoms with Crippen molar-refractivity contribution < 1.29 is 26.7 Å². The third-order valence-corrected chi connectivity index (χ3v) is 6.06. The molecule has 0 amide bonds. The third-order valence-electron chi connectivity index (χ3n) is 3.77. The third kappa shape index (κ3) is 2.21. The maximum atomic E-state index is 13.2. The number of benzene rings is 1. The molecule has 1 fully saturated rings. The predicted octanol–water partition coefficient (Wildman–Crippen LogP) is 1.78. The lowest BCUT2D eigenvalue weighted by atomic mass is 9.78. The van der Waals surface area contributed by atoms with Gasteiger partial charge in [-0.1, -0.05) is 0 Å². The Balaban J connectivity index is 2.44. The van der Waals surface area contributed by atoms with Gasteiger partial charge in [-0.15, -0.1) is 0 Å². The summed E-state index contributed by atoms with van der Waals surface area (Å²) in [5.41, 5.74) is 0. The summed E-state index contributed by atoms with van der Waals surface area (Å²) >= 11 is 0. The average molecular weight is 317 g/mol. The van der Waals surface area contributed by atoms with Crippen molar-refractivity contribution >= 4 is 9.84 Å². The Hall–Kier alpha value is -1.56. The first kappa shape index (κ1) is 15.8. The zero-order valence-electron chi connectivity index (χ0n) is 11.4. The molecule has 0 saturated heterocycles.